The first-order chi connectivity index (χ1) is 9.61. The predicted molar refractivity (Wildman–Crippen MR) is 84.3 cm³/mol. The second-order valence-corrected chi connectivity index (χ2v) is 5.33. The molecule has 0 aliphatic carbocycles. The number of anilines is 1. The third-order valence-electron chi connectivity index (χ3n) is 3.31. The SMILES string of the molecule is CCNc1nc(Cc2ccccc2)nc(C)c1C(C)C. The minimum absolute atomic E-state index is 0.426. The van der Waals surface area contributed by atoms with E-state index in [2.05, 4.69) is 62.3 Å². The van der Waals surface area contributed by atoms with Crippen molar-refractivity contribution in [1.82, 2.24) is 9.97 Å². The summed E-state index contributed by atoms with van der Waals surface area (Å²) in [5.41, 5.74) is 3.55. The topological polar surface area (TPSA) is 37.8 Å². The Morgan fingerprint density at radius 3 is 2.40 bits per heavy atom. The van der Waals surface area contributed by atoms with E-state index in [9.17, 15) is 0 Å². The van der Waals surface area contributed by atoms with E-state index in [0.717, 1.165) is 30.3 Å². The lowest BCUT2D eigenvalue weighted by Gasteiger charge is -2.16. The van der Waals surface area contributed by atoms with Gasteiger partial charge in [-0.3, -0.25) is 0 Å². The molecule has 2 rings (SSSR count). The summed E-state index contributed by atoms with van der Waals surface area (Å²) in [6.45, 7) is 9.42. The van der Waals surface area contributed by atoms with Gasteiger partial charge in [-0.15, -0.1) is 0 Å². The van der Waals surface area contributed by atoms with Gasteiger partial charge in [-0.25, -0.2) is 9.97 Å². The molecule has 0 radical (unpaired) electrons. The standard InChI is InChI=1S/C17H23N3/c1-5-18-17-16(12(2)3)13(4)19-15(20-17)11-14-9-7-6-8-10-14/h6-10,12H,5,11H2,1-4H3,(H,18,19,20). The van der Waals surface area contributed by atoms with Crippen molar-refractivity contribution in [2.45, 2.75) is 40.0 Å². The van der Waals surface area contributed by atoms with Gasteiger partial charge in [0.2, 0.25) is 0 Å². The summed E-state index contributed by atoms with van der Waals surface area (Å²) >= 11 is 0. The van der Waals surface area contributed by atoms with Crippen LogP contribution in [0.15, 0.2) is 30.3 Å². The van der Waals surface area contributed by atoms with Gasteiger partial charge >= 0.3 is 0 Å². The molecule has 106 valence electrons. The molecular weight excluding hydrogens is 246 g/mol. The highest BCUT2D eigenvalue weighted by atomic mass is 15.0. The molecule has 0 saturated heterocycles. The van der Waals surface area contributed by atoms with Crippen molar-refractivity contribution in [3.05, 3.63) is 53.0 Å². The Labute approximate surface area is 121 Å². The molecule has 1 heterocycles. The van der Waals surface area contributed by atoms with Crippen molar-refractivity contribution in [3.63, 3.8) is 0 Å². The van der Waals surface area contributed by atoms with E-state index in [0.29, 0.717) is 5.92 Å². The van der Waals surface area contributed by atoms with Gasteiger partial charge in [0.25, 0.3) is 0 Å². The zero-order valence-electron chi connectivity index (χ0n) is 12.8. The first-order valence-corrected chi connectivity index (χ1v) is 7.27. The van der Waals surface area contributed by atoms with E-state index in [-0.39, 0.29) is 0 Å². The van der Waals surface area contributed by atoms with Crippen molar-refractivity contribution in [1.29, 1.82) is 0 Å². The van der Waals surface area contributed by atoms with Crippen LogP contribution in [0.2, 0.25) is 0 Å². The Morgan fingerprint density at radius 2 is 1.80 bits per heavy atom. The Hall–Kier alpha value is -1.90. The smallest absolute Gasteiger partial charge is 0.135 e. The van der Waals surface area contributed by atoms with Crippen LogP contribution >= 0.6 is 0 Å². The fraction of sp³-hybridized carbons (Fsp3) is 0.412. The van der Waals surface area contributed by atoms with Gasteiger partial charge in [0.05, 0.1) is 0 Å². The van der Waals surface area contributed by atoms with Crippen molar-refractivity contribution in [2.24, 2.45) is 0 Å². The maximum atomic E-state index is 4.72. The summed E-state index contributed by atoms with van der Waals surface area (Å²) in [5, 5.41) is 3.37. The second-order valence-electron chi connectivity index (χ2n) is 5.33. The minimum atomic E-state index is 0.426. The highest BCUT2D eigenvalue weighted by Crippen LogP contribution is 2.25. The molecule has 1 aromatic heterocycles. The zero-order chi connectivity index (χ0) is 14.5. The van der Waals surface area contributed by atoms with Crippen LogP contribution in [-0.2, 0) is 6.42 Å². The number of nitrogens with zero attached hydrogens (tertiary/aromatic N) is 2. The Bertz CT molecular complexity index is 562. The Kier molecular flexibility index (Phi) is 4.72. The van der Waals surface area contributed by atoms with Gasteiger partial charge in [-0.05, 0) is 25.3 Å². The molecule has 0 aliphatic rings. The molecule has 3 nitrogen and oxygen atoms in total. The lowest BCUT2D eigenvalue weighted by Crippen LogP contribution is -2.11. The molecule has 1 N–H and O–H groups in total. The third-order valence-corrected chi connectivity index (χ3v) is 3.31. The van der Waals surface area contributed by atoms with Gasteiger partial charge in [0, 0.05) is 24.2 Å². The van der Waals surface area contributed by atoms with Crippen LogP contribution in [0.5, 0.6) is 0 Å². The van der Waals surface area contributed by atoms with E-state index in [4.69, 9.17) is 4.98 Å². The van der Waals surface area contributed by atoms with Crippen LogP contribution in [0.3, 0.4) is 0 Å². The second kappa shape index (κ2) is 6.51. The maximum Gasteiger partial charge on any atom is 0.135 e. The molecule has 0 spiro atoms. The van der Waals surface area contributed by atoms with Gasteiger partial charge < -0.3 is 5.32 Å². The first kappa shape index (κ1) is 14.5. The molecule has 0 unspecified atom stereocenters. The molecule has 3 heteroatoms. The van der Waals surface area contributed by atoms with E-state index < -0.39 is 0 Å². The van der Waals surface area contributed by atoms with E-state index in [1.54, 1.807) is 0 Å². The van der Waals surface area contributed by atoms with Crippen LogP contribution in [0.25, 0.3) is 0 Å². The lowest BCUT2D eigenvalue weighted by atomic mass is 10.0. The average Bonchev–Trinajstić information content (AvgIpc) is 2.39. The minimum Gasteiger partial charge on any atom is -0.370 e. The van der Waals surface area contributed by atoms with Gasteiger partial charge in [-0.1, -0.05) is 44.2 Å². The summed E-state index contributed by atoms with van der Waals surface area (Å²) < 4.78 is 0. The Morgan fingerprint density at radius 1 is 1.10 bits per heavy atom. The fourth-order valence-corrected chi connectivity index (χ4v) is 2.49. The summed E-state index contributed by atoms with van der Waals surface area (Å²) in [4.78, 5) is 9.40. The molecule has 0 fully saturated rings. The number of benzene rings is 1. The van der Waals surface area contributed by atoms with Crippen LogP contribution in [-0.4, -0.2) is 16.5 Å². The zero-order valence-corrected chi connectivity index (χ0v) is 12.8. The van der Waals surface area contributed by atoms with Gasteiger partial charge in [0.1, 0.15) is 11.6 Å². The summed E-state index contributed by atoms with van der Waals surface area (Å²) in [6, 6.07) is 10.4. The summed E-state index contributed by atoms with van der Waals surface area (Å²) in [5.74, 6) is 2.30. The normalized spacial score (nSPS) is 10.8. The predicted octanol–water partition coefficient (Wildman–Crippen LogP) is 3.93. The van der Waals surface area contributed by atoms with Crippen molar-refractivity contribution >= 4 is 5.82 Å². The van der Waals surface area contributed by atoms with E-state index in [1.165, 1.54) is 11.1 Å². The molecule has 0 atom stereocenters. The van der Waals surface area contributed by atoms with Crippen molar-refractivity contribution in [3.8, 4) is 0 Å². The van der Waals surface area contributed by atoms with Crippen molar-refractivity contribution in [2.75, 3.05) is 11.9 Å². The average molecular weight is 269 g/mol. The van der Waals surface area contributed by atoms with Crippen LogP contribution < -0.4 is 5.32 Å². The summed E-state index contributed by atoms with van der Waals surface area (Å²) in [7, 11) is 0. The highest BCUT2D eigenvalue weighted by molar-refractivity contribution is 5.48. The van der Waals surface area contributed by atoms with E-state index in [1.807, 2.05) is 6.07 Å². The molecule has 1 aromatic carbocycles. The molecule has 0 amide bonds. The maximum absolute atomic E-state index is 4.72. The third kappa shape index (κ3) is 3.35. The van der Waals surface area contributed by atoms with Gasteiger partial charge in [0.15, 0.2) is 0 Å². The number of hydrogen-bond donors (Lipinski definition) is 1. The summed E-state index contributed by atoms with van der Waals surface area (Å²) in [6.07, 6.45) is 0.776. The molecule has 0 aliphatic heterocycles. The monoisotopic (exact) mass is 269 g/mol. The quantitative estimate of drug-likeness (QED) is 0.893. The van der Waals surface area contributed by atoms with Crippen LogP contribution in [0.1, 0.15) is 49.3 Å². The Balaban J connectivity index is 2.36. The molecular formula is C17H23N3. The number of aryl methyl sites for hydroxylation is 1. The number of aromatic nitrogens is 2. The lowest BCUT2D eigenvalue weighted by molar-refractivity contribution is 0.811. The number of nitrogens with one attached hydrogen (secondary N) is 1. The van der Waals surface area contributed by atoms with Crippen LogP contribution in [0, 0.1) is 6.92 Å². The van der Waals surface area contributed by atoms with Crippen molar-refractivity contribution < 1.29 is 0 Å². The molecule has 20 heavy (non-hydrogen) atoms. The van der Waals surface area contributed by atoms with Gasteiger partial charge in [-0.2, -0.15) is 0 Å². The van der Waals surface area contributed by atoms with E-state index >= 15 is 0 Å². The molecule has 0 saturated carbocycles. The molecule has 0 bridgehead atoms. The molecule has 2 aromatic rings. The number of hydrogen-bond acceptors (Lipinski definition) is 3. The highest BCUT2D eigenvalue weighted by Gasteiger charge is 2.14. The largest absolute Gasteiger partial charge is 0.370 e. The van der Waals surface area contributed by atoms with Crippen LogP contribution in [0.4, 0.5) is 5.82 Å². The first-order valence-electron chi connectivity index (χ1n) is 7.27. The fourth-order valence-electron chi connectivity index (χ4n) is 2.49. The number of rotatable bonds is 5.